The van der Waals surface area contributed by atoms with Gasteiger partial charge in [-0.3, -0.25) is 4.52 Å². The van der Waals surface area contributed by atoms with E-state index in [1.54, 1.807) is 0 Å². The molecule has 0 radical (unpaired) electrons. The molecule has 6 nitrogen and oxygen atoms in total. The number of hydrogen-bond acceptors (Lipinski definition) is 4. The van der Waals surface area contributed by atoms with Gasteiger partial charge in [0, 0.05) is 32.0 Å². The third-order valence-corrected chi connectivity index (χ3v) is 1.48. The summed E-state index contributed by atoms with van der Waals surface area (Å²) in [6.07, 6.45) is 1.23. The molecule has 0 amide bonds. The van der Waals surface area contributed by atoms with Crippen molar-refractivity contribution in [2.45, 2.75) is 6.42 Å². The fourth-order valence-corrected chi connectivity index (χ4v) is 0.841. The third kappa shape index (κ3) is 11.9. The second-order valence-electron chi connectivity index (χ2n) is 2.05. The van der Waals surface area contributed by atoms with Crippen molar-refractivity contribution in [3.63, 3.8) is 0 Å². The van der Waals surface area contributed by atoms with Crippen molar-refractivity contribution in [1.29, 1.82) is 0 Å². The Morgan fingerprint density at radius 1 is 1.43 bits per heavy atom. The van der Waals surface area contributed by atoms with Crippen LogP contribution in [0.1, 0.15) is 6.42 Å². The van der Waals surface area contributed by atoms with Crippen LogP contribution in [0.2, 0.25) is 0 Å². The molecule has 14 heavy (non-hydrogen) atoms. The van der Waals surface area contributed by atoms with E-state index < -0.39 is 13.8 Å². The smallest absolute Gasteiger partial charge is 0.462 e. The zero-order chi connectivity index (χ0) is 10.3. The van der Waals surface area contributed by atoms with Gasteiger partial charge in [-0.2, -0.15) is 0 Å². The van der Waals surface area contributed by atoms with Gasteiger partial charge in [-0.1, -0.05) is 6.58 Å². The van der Waals surface area contributed by atoms with Crippen molar-refractivity contribution in [2.24, 2.45) is 0 Å². The molecule has 0 rings (SSSR count). The van der Waals surface area contributed by atoms with Crippen LogP contribution in [0.3, 0.4) is 0 Å². The maximum atomic E-state index is 10.4. The molecule has 0 saturated heterocycles. The van der Waals surface area contributed by atoms with Crippen LogP contribution in [0, 0.1) is 0 Å². The molecule has 78 valence electrons. The minimum Gasteiger partial charge on any atom is -0.462 e. The molecular formula is C6H11O6PZn. The normalized spacial score (nSPS) is 10.1. The summed E-state index contributed by atoms with van der Waals surface area (Å²) in [5, 5.41) is 0. The zero-order valence-electron chi connectivity index (χ0n) is 7.59. The number of phosphoric ester groups is 1. The van der Waals surface area contributed by atoms with Gasteiger partial charge >= 0.3 is 13.8 Å². The summed E-state index contributed by atoms with van der Waals surface area (Å²) < 4.78 is 18.7. The van der Waals surface area contributed by atoms with Gasteiger partial charge in [-0.15, -0.1) is 0 Å². The fraction of sp³-hybridized carbons (Fsp3) is 0.500. The fourth-order valence-electron chi connectivity index (χ4n) is 0.474. The van der Waals surface area contributed by atoms with Gasteiger partial charge in [0.05, 0.1) is 13.2 Å². The van der Waals surface area contributed by atoms with Crippen LogP contribution in [0.4, 0.5) is 0 Å². The molecule has 0 bridgehead atoms. The Balaban J connectivity index is 0. The number of ether oxygens (including phenoxy) is 1. The van der Waals surface area contributed by atoms with Crippen LogP contribution in [-0.4, -0.2) is 29.0 Å². The first-order valence-corrected chi connectivity index (χ1v) is 4.98. The molecule has 0 aliphatic heterocycles. The number of carbonyl (C=O) groups excluding carboxylic acids is 1. The second-order valence-corrected chi connectivity index (χ2v) is 3.29. The maximum absolute atomic E-state index is 10.4. The predicted molar refractivity (Wildman–Crippen MR) is 43.8 cm³/mol. The van der Waals surface area contributed by atoms with E-state index in [1.165, 1.54) is 0 Å². The minimum atomic E-state index is -4.40. The Kier molecular flexibility index (Phi) is 9.67. The summed E-state index contributed by atoms with van der Waals surface area (Å²) in [6, 6.07) is 0. The number of carbonyl (C=O) groups is 1. The molecule has 0 aliphatic carbocycles. The number of esters is 1. The Bertz CT molecular complexity index is 224. The van der Waals surface area contributed by atoms with Crippen molar-refractivity contribution in [3.8, 4) is 0 Å². The quantitative estimate of drug-likeness (QED) is 0.237. The molecule has 2 N–H and O–H groups in total. The van der Waals surface area contributed by atoms with Gasteiger partial charge < -0.3 is 14.5 Å². The standard InChI is InChI=1S/C6H11O6P.Zn/c1-2-6(7)11-4-3-5-12-13(8,9)10;/h2H,1,3-5H2,(H2,8,9,10);. The van der Waals surface area contributed by atoms with Crippen molar-refractivity contribution in [3.05, 3.63) is 12.7 Å². The molecule has 0 aromatic carbocycles. The number of rotatable bonds is 6. The van der Waals surface area contributed by atoms with Crippen molar-refractivity contribution in [2.75, 3.05) is 13.2 Å². The van der Waals surface area contributed by atoms with Gasteiger partial charge in [0.2, 0.25) is 0 Å². The maximum Gasteiger partial charge on any atom is 0.469 e. The predicted octanol–water partition coefficient (Wildman–Crippen LogP) is 0.212. The van der Waals surface area contributed by atoms with Crippen molar-refractivity contribution < 1.29 is 47.9 Å². The molecular weight excluding hydrogens is 264 g/mol. The number of hydrogen-bond donors (Lipinski definition) is 2. The van der Waals surface area contributed by atoms with E-state index >= 15 is 0 Å². The van der Waals surface area contributed by atoms with Gasteiger partial charge in [0.15, 0.2) is 0 Å². The van der Waals surface area contributed by atoms with E-state index in [2.05, 4.69) is 15.8 Å². The second kappa shape index (κ2) is 8.27. The van der Waals surface area contributed by atoms with E-state index in [-0.39, 0.29) is 39.1 Å². The van der Waals surface area contributed by atoms with Gasteiger partial charge in [0.1, 0.15) is 0 Å². The SMILES string of the molecule is C=CC(=O)OCCCOP(=O)(O)O.[Zn]. The van der Waals surface area contributed by atoms with Crippen molar-refractivity contribution >= 4 is 13.8 Å². The van der Waals surface area contributed by atoms with Crippen LogP contribution in [0.25, 0.3) is 0 Å². The van der Waals surface area contributed by atoms with E-state index in [4.69, 9.17) is 9.79 Å². The molecule has 0 atom stereocenters. The molecule has 0 heterocycles. The first kappa shape index (κ1) is 16.4. The summed E-state index contributed by atoms with van der Waals surface area (Å²) in [4.78, 5) is 26.9. The van der Waals surface area contributed by atoms with Gasteiger partial charge in [0.25, 0.3) is 0 Å². The van der Waals surface area contributed by atoms with Crippen LogP contribution in [0.5, 0.6) is 0 Å². The van der Waals surface area contributed by atoms with Crippen LogP contribution in [0.15, 0.2) is 12.7 Å². The van der Waals surface area contributed by atoms with Crippen LogP contribution in [-0.2, 0) is 38.1 Å². The number of phosphoric acid groups is 1. The topological polar surface area (TPSA) is 93.1 Å². The summed E-state index contributed by atoms with van der Waals surface area (Å²) in [7, 11) is -4.40. The Morgan fingerprint density at radius 2 is 2.00 bits per heavy atom. The Morgan fingerprint density at radius 3 is 2.43 bits per heavy atom. The van der Waals surface area contributed by atoms with Gasteiger partial charge in [-0.25, -0.2) is 9.36 Å². The van der Waals surface area contributed by atoms with Crippen LogP contribution < -0.4 is 0 Å². The molecule has 0 saturated carbocycles. The monoisotopic (exact) mass is 274 g/mol. The first-order valence-electron chi connectivity index (χ1n) is 3.45. The van der Waals surface area contributed by atoms with E-state index in [1.807, 2.05) is 0 Å². The molecule has 0 spiro atoms. The third-order valence-electron chi connectivity index (χ3n) is 0.959. The average Bonchev–Trinajstić information content (AvgIpc) is 2.01. The molecule has 0 aromatic rings. The molecule has 0 aromatic heterocycles. The minimum absolute atomic E-state index is 0. The first-order chi connectivity index (χ1) is 5.95. The summed E-state index contributed by atoms with van der Waals surface area (Å²) in [6.45, 7) is 3.06. The molecule has 0 aliphatic rings. The molecule has 0 unspecified atom stereocenters. The van der Waals surface area contributed by atoms with Crippen molar-refractivity contribution in [1.82, 2.24) is 0 Å². The summed E-state index contributed by atoms with van der Waals surface area (Å²) in [5.74, 6) is -0.573. The van der Waals surface area contributed by atoms with E-state index in [9.17, 15) is 9.36 Å². The summed E-state index contributed by atoms with van der Waals surface area (Å²) in [5.41, 5.74) is 0. The van der Waals surface area contributed by atoms with E-state index in [0.717, 1.165) is 6.08 Å². The Labute approximate surface area is 94.3 Å². The Hall–Kier alpha value is -0.0566. The van der Waals surface area contributed by atoms with E-state index in [0.29, 0.717) is 0 Å². The van der Waals surface area contributed by atoms with Gasteiger partial charge in [-0.05, 0) is 0 Å². The molecule has 0 fully saturated rings. The zero-order valence-corrected chi connectivity index (χ0v) is 11.4. The van der Waals surface area contributed by atoms with Crippen LogP contribution >= 0.6 is 7.82 Å². The molecule has 8 heteroatoms. The largest absolute Gasteiger partial charge is 0.469 e. The summed E-state index contributed by atoms with van der Waals surface area (Å²) >= 11 is 0. The average molecular weight is 276 g/mol.